The molecular formula is C16H13Cl2NO4. The smallest absolute Gasteiger partial charge is 0.211 e. The maximum absolute atomic E-state index is 12.8. The molecule has 0 fully saturated rings. The Labute approximate surface area is 143 Å². The molecule has 5 nitrogen and oxygen atoms in total. The summed E-state index contributed by atoms with van der Waals surface area (Å²) in [6.45, 7) is 0. The van der Waals surface area contributed by atoms with Crippen molar-refractivity contribution in [3.63, 3.8) is 0 Å². The van der Waals surface area contributed by atoms with Gasteiger partial charge in [0.1, 0.15) is 0 Å². The van der Waals surface area contributed by atoms with E-state index in [4.69, 9.17) is 32.7 Å². The second-order valence-electron chi connectivity index (χ2n) is 4.44. The Balaban J connectivity index is 2.65. The van der Waals surface area contributed by atoms with E-state index >= 15 is 0 Å². The number of ether oxygens (including phenoxy) is 2. The molecule has 0 spiro atoms. The van der Waals surface area contributed by atoms with Crippen molar-refractivity contribution in [3.05, 3.63) is 51.5 Å². The van der Waals surface area contributed by atoms with Gasteiger partial charge >= 0.3 is 0 Å². The second kappa shape index (κ2) is 7.35. The van der Waals surface area contributed by atoms with E-state index in [1.54, 1.807) is 18.2 Å². The number of hydrogen-bond acceptors (Lipinski definition) is 4. The molecule has 2 aromatic rings. The largest absolute Gasteiger partial charge is 0.493 e. The average molecular weight is 354 g/mol. The Hall–Kier alpha value is -2.24. The lowest BCUT2D eigenvalue weighted by Gasteiger charge is -2.14. The third-order valence-electron chi connectivity index (χ3n) is 3.17. The van der Waals surface area contributed by atoms with Crippen LogP contribution in [0.3, 0.4) is 0 Å². The molecule has 23 heavy (non-hydrogen) atoms. The van der Waals surface area contributed by atoms with Crippen molar-refractivity contribution < 1.29 is 19.1 Å². The van der Waals surface area contributed by atoms with Crippen LogP contribution in [0.25, 0.3) is 0 Å². The van der Waals surface area contributed by atoms with Crippen LogP contribution < -0.4 is 14.8 Å². The van der Waals surface area contributed by atoms with E-state index in [1.165, 1.54) is 26.4 Å². The fraction of sp³-hybridized carbons (Fsp3) is 0.125. The number of hydrogen-bond donors (Lipinski definition) is 1. The number of methoxy groups -OCH3 is 2. The summed E-state index contributed by atoms with van der Waals surface area (Å²) in [5, 5.41) is 2.90. The molecule has 0 aromatic heterocycles. The number of carbonyl (C=O) groups excluding carboxylic acids is 2. The summed E-state index contributed by atoms with van der Waals surface area (Å²) < 4.78 is 10.4. The van der Waals surface area contributed by atoms with Crippen molar-refractivity contribution >= 4 is 41.1 Å². The molecule has 0 aliphatic rings. The predicted molar refractivity (Wildman–Crippen MR) is 89.1 cm³/mol. The minimum absolute atomic E-state index is 0.150. The van der Waals surface area contributed by atoms with Crippen molar-refractivity contribution in [2.45, 2.75) is 0 Å². The molecule has 2 aromatic carbocycles. The minimum Gasteiger partial charge on any atom is -0.493 e. The van der Waals surface area contributed by atoms with E-state index in [0.717, 1.165) is 0 Å². The lowest BCUT2D eigenvalue weighted by Crippen LogP contribution is -2.09. The molecule has 0 bridgehead atoms. The Morgan fingerprint density at radius 1 is 1.09 bits per heavy atom. The summed E-state index contributed by atoms with van der Waals surface area (Å²) in [5.41, 5.74) is 0.598. The van der Waals surface area contributed by atoms with E-state index in [1.807, 2.05) is 0 Å². The summed E-state index contributed by atoms with van der Waals surface area (Å²) >= 11 is 12.2. The Kier molecular flexibility index (Phi) is 5.47. The van der Waals surface area contributed by atoms with Crippen LogP contribution in [0, 0.1) is 0 Å². The summed E-state index contributed by atoms with van der Waals surface area (Å²) in [4.78, 5) is 23.7. The molecule has 2 rings (SSSR count). The van der Waals surface area contributed by atoms with Crippen LogP contribution in [-0.4, -0.2) is 26.4 Å². The van der Waals surface area contributed by atoms with Gasteiger partial charge in [-0.25, -0.2) is 0 Å². The molecule has 0 unspecified atom stereocenters. The highest BCUT2D eigenvalue weighted by atomic mass is 35.5. The molecule has 1 N–H and O–H groups in total. The van der Waals surface area contributed by atoms with Gasteiger partial charge in [-0.05, 0) is 18.2 Å². The third-order valence-corrected chi connectivity index (χ3v) is 3.80. The van der Waals surface area contributed by atoms with Crippen LogP contribution in [0.5, 0.6) is 11.5 Å². The molecule has 0 saturated heterocycles. The van der Waals surface area contributed by atoms with Crippen LogP contribution in [0.2, 0.25) is 10.0 Å². The van der Waals surface area contributed by atoms with E-state index < -0.39 is 5.78 Å². The normalized spacial score (nSPS) is 10.1. The highest BCUT2D eigenvalue weighted by Gasteiger charge is 2.22. The van der Waals surface area contributed by atoms with Gasteiger partial charge in [-0.3, -0.25) is 9.59 Å². The van der Waals surface area contributed by atoms with Crippen LogP contribution in [0.15, 0.2) is 30.3 Å². The maximum atomic E-state index is 12.8. The Morgan fingerprint density at radius 2 is 1.65 bits per heavy atom. The first-order valence-corrected chi connectivity index (χ1v) is 7.24. The number of benzene rings is 2. The zero-order valence-electron chi connectivity index (χ0n) is 12.4. The van der Waals surface area contributed by atoms with E-state index in [9.17, 15) is 9.59 Å². The van der Waals surface area contributed by atoms with Gasteiger partial charge in [-0.2, -0.15) is 0 Å². The zero-order chi connectivity index (χ0) is 17.0. The van der Waals surface area contributed by atoms with E-state index in [0.29, 0.717) is 17.9 Å². The first kappa shape index (κ1) is 17.1. The van der Waals surface area contributed by atoms with Gasteiger partial charge in [0.25, 0.3) is 0 Å². The van der Waals surface area contributed by atoms with Gasteiger partial charge in [0, 0.05) is 6.07 Å². The quantitative estimate of drug-likeness (QED) is 0.633. The summed E-state index contributed by atoms with van der Waals surface area (Å²) in [6.07, 6.45) is 0.465. The number of nitrogens with one attached hydrogen (secondary N) is 1. The van der Waals surface area contributed by atoms with Gasteiger partial charge in [0.2, 0.25) is 6.41 Å². The van der Waals surface area contributed by atoms with Crippen LogP contribution >= 0.6 is 23.2 Å². The molecule has 0 aliphatic heterocycles. The van der Waals surface area contributed by atoms with Crippen molar-refractivity contribution in [3.8, 4) is 11.5 Å². The lowest BCUT2D eigenvalue weighted by atomic mass is 10.0. The number of rotatable bonds is 6. The van der Waals surface area contributed by atoms with E-state index in [-0.39, 0.29) is 26.9 Å². The highest BCUT2D eigenvalue weighted by Crippen LogP contribution is 2.36. The zero-order valence-corrected chi connectivity index (χ0v) is 13.9. The third kappa shape index (κ3) is 3.41. The molecule has 0 saturated carbocycles. The standard InChI is InChI=1S/C16H13Cl2NO4/c1-22-13-6-9(12(19-8-20)7-14(13)23-2)16(21)15-10(17)4-3-5-11(15)18/h3-8H,1-2H3,(H,19,20). The van der Waals surface area contributed by atoms with Gasteiger partial charge < -0.3 is 14.8 Å². The summed E-state index contributed by atoms with van der Waals surface area (Å²) in [7, 11) is 2.90. The van der Waals surface area contributed by atoms with Crippen molar-refractivity contribution in [2.75, 3.05) is 19.5 Å². The first-order valence-electron chi connectivity index (χ1n) is 6.48. The molecule has 0 aliphatic carbocycles. The fourth-order valence-corrected chi connectivity index (χ4v) is 2.67. The Morgan fingerprint density at radius 3 is 2.17 bits per heavy atom. The van der Waals surface area contributed by atoms with Crippen molar-refractivity contribution in [2.24, 2.45) is 0 Å². The Bertz CT molecular complexity index is 742. The second-order valence-corrected chi connectivity index (χ2v) is 5.26. The number of carbonyl (C=O) groups is 2. The topological polar surface area (TPSA) is 64.6 Å². The van der Waals surface area contributed by atoms with Gasteiger partial charge in [0.15, 0.2) is 17.3 Å². The van der Waals surface area contributed by atoms with Gasteiger partial charge in [0.05, 0.1) is 41.1 Å². The van der Waals surface area contributed by atoms with Gasteiger partial charge in [-0.1, -0.05) is 29.3 Å². The van der Waals surface area contributed by atoms with Crippen LogP contribution in [-0.2, 0) is 4.79 Å². The molecular weight excluding hydrogens is 341 g/mol. The van der Waals surface area contributed by atoms with Crippen LogP contribution in [0.4, 0.5) is 5.69 Å². The van der Waals surface area contributed by atoms with Crippen molar-refractivity contribution in [1.29, 1.82) is 0 Å². The molecule has 120 valence electrons. The highest BCUT2D eigenvalue weighted by molar-refractivity contribution is 6.41. The van der Waals surface area contributed by atoms with Crippen LogP contribution in [0.1, 0.15) is 15.9 Å². The molecule has 7 heteroatoms. The molecule has 1 amide bonds. The molecule has 0 atom stereocenters. The first-order chi connectivity index (χ1) is 11.0. The van der Waals surface area contributed by atoms with Gasteiger partial charge in [-0.15, -0.1) is 0 Å². The maximum Gasteiger partial charge on any atom is 0.211 e. The summed E-state index contributed by atoms with van der Waals surface area (Å²) in [5.74, 6) is 0.278. The van der Waals surface area contributed by atoms with E-state index in [2.05, 4.69) is 5.32 Å². The number of ketones is 1. The predicted octanol–water partition coefficient (Wildman–Crippen LogP) is 3.81. The molecule has 0 radical (unpaired) electrons. The average Bonchev–Trinajstić information content (AvgIpc) is 2.54. The summed E-state index contributed by atoms with van der Waals surface area (Å²) in [6, 6.07) is 7.72. The monoisotopic (exact) mass is 353 g/mol. The number of halogens is 2. The number of anilines is 1. The fourth-order valence-electron chi connectivity index (χ4n) is 2.10. The lowest BCUT2D eigenvalue weighted by molar-refractivity contribution is -0.105. The molecule has 0 heterocycles. The van der Waals surface area contributed by atoms with Crippen molar-refractivity contribution in [1.82, 2.24) is 0 Å². The number of amides is 1. The SMILES string of the molecule is COc1cc(NC=O)c(C(=O)c2c(Cl)cccc2Cl)cc1OC. The minimum atomic E-state index is -0.439.